The van der Waals surface area contributed by atoms with Crippen molar-refractivity contribution in [2.24, 2.45) is 17.0 Å². The van der Waals surface area contributed by atoms with Crippen LogP contribution < -0.4 is 0 Å². The van der Waals surface area contributed by atoms with Crippen molar-refractivity contribution < 1.29 is 12.3 Å². The molecule has 0 heterocycles. The van der Waals surface area contributed by atoms with Gasteiger partial charge in [-0.2, -0.15) is 8.42 Å². The average Bonchev–Trinajstić information content (AvgIpc) is 2.41. The molecule has 0 aliphatic heterocycles. The van der Waals surface area contributed by atoms with E-state index < -0.39 is 16.0 Å². The fourth-order valence-electron chi connectivity index (χ4n) is 1.78. The minimum atomic E-state index is -4.49. The number of halogens is 1. The van der Waals surface area contributed by atoms with E-state index in [2.05, 4.69) is 10.0 Å². The lowest BCUT2D eigenvalue weighted by Crippen LogP contribution is -2.15. The molecular formula is C14H18FN3O2S. The Bertz CT molecular complexity index is 633. The molecule has 1 aromatic rings. The Balaban J connectivity index is 2.79. The highest BCUT2D eigenvalue weighted by atomic mass is 32.3. The summed E-state index contributed by atoms with van der Waals surface area (Å²) in [5, 5.41) is 3.46. The molecule has 0 bridgehead atoms. The summed E-state index contributed by atoms with van der Waals surface area (Å²) in [5.41, 5.74) is 10.0. The number of hydrogen-bond acceptors (Lipinski definition) is 3. The second-order valence-electron chi connectivity index (χ2n) is 5.10. The molecule has 1 aromatic carbocycles. The van der Waals surface area contributed by atoms with Crippen molar-refractivity contribution in [3.8, 4) is 0 Å². The van der Waals surface area contributed by atoms with Crippen molar-refractivity contribution in [2.45, 2.75) is 20.4 Å². The molecule has 0 saturated heterocycles. The Hall–Kier alpha value is -1.85. The van der Waals surface area contributed by atoms with E-state index in [1.807, 2.05) is 38.1 Å². The zero-order valence-electron chi connectivity index (χ0n) is 12.0. The summed E-state index contributed by atoms with van der Waals surface area (Å²) in [7, 11) is -4.49. The van der Waals surface area contributed by atoms with Crippen molar-refractivity contribution in [3.05, 3.63) is 51.9 Å². The summed E-state index contributed by atoms with van der Waals surface area (Å²) < 4.78 is 34.3. The molecule has 0 amide bonds. The molecule has 7 heteroatoms. The highest BCUT2D eigenvalue weighted by molar-refractivity contribution is 7.86. The van der Waals surface area contributed by atoms with Gasteiger partial charge in [-0.3, -0.25) is 0 Å². The Labute approximate surface area is 124 Å². The second-order valence-corrected chi connectivity index (χ2v) is 6.51. The number of nitrogens with zero attached hydrogens (tertiary/aromatic N) is 3. The lowest BCUT2D eigenvalue weighted by atomic mass is 9.96. The van der Waals surface area contributed by atoms with E-state index in [0.717, 1.165) is 11.1 Å². The third kappa shape index (κ3) is 6.92. The quantitative estimate of drug-likeness (QED) is 0.329. The van der Waals surface area contributed by atoms with E-state index in [4.69, 9.17) is 5.53 Å². The smallest absolute Gasteiger partial charge is 0.195 e. The van der Waals surface area contributed by atoms with E-state index in [9.17, 15) is 12.3 Å². The fraction of sp³-hybridized carbons (Fsp3) is 0.429. The molecule has 0 fully saturated rings. The van der Waals surface area contributed by atoms with Gasteiger partial charge in [-0.1, -0.05) is 55.4 Å². The van der Waals surface area contributed by atoms with Crippen LogP contribution in [0.25, 0.3) is 16.5 Å². The van der Waals surface area contributed by atoms with Gasteiger partial charge in [0.2, 0.25) is 0 Å². The SMILES string of the molecule is CC(C)C(/C=C/c1ccc(CN=[N+]=[N-])cc1)CS(=O)(=O)F. The molecule has 0 spiro atoms. The van der Waals surface area contributed by atoms with Crippen LogP contribution in [-0.2, 0) is 16.8 Å². The second kappa shape index (κ2) is 7.81. The predicted octanol–water partition coefficient (Wildman–Crippen LogP) is 4.08. The molecule has 0 N–H and O–H groups in total. The average molecular weight is 311 g/mol. The number of hydrogen-bond donors (Lipinski definition) is 0. The van der Waals surface area contributed by atoms with Crippen LogP contribution in [0.2, 0.25) is 0 Å². The molecule has 1 unspecified atom stereocenters. The van der Waals surface area contributed by atoms with Crippen LogP contribution in [0.3, 0.4) is 0 Å². The molecule has 5 nitrogen and oxygen atoms in total. The van der Waals surface area contributed by atoms with Crippen LogP contribution in [0.5, 0.6) is 0 Å². The van der Waals surface area contributed by atoms with Crippen LogP contribution in [0.15, 0.2) is 35.5 Å². The number of rotatable bonds is 7. The van der Waals surface area contributed by atoms with Crippen LogP contribution in [0, 0.1) is 11.8 Å². The molecule has 0 aliphatic rings. The molecule has 21 heavy (non-hydrogen) atoms. The first-order valence-corrected chi connectivity index (χ1v) is 8.07. The van der Waals surface area contributed by atoms with Crippen LogP contribution in [0.1, 0.15) is 25.0 Å². The topological polar surface area (TPSA) is 82.9 Å². The van der Waals surface area contributed by atoms with E-state index in [0.29, 0.717) is 0 Å². The molecule has 0 radical (unpaired) electrons. The first kappa shape index (κ1) is 17.2. The third-order valence-corrected chi connectivity index (χ3v) is 3.86. The molecule has 1 rings (SSSR count). The number of azide groups is 1. The van der Waals surface area contributed by atoms with Gasteiger partial charge in [-0.05, 0) is 28.5 Å². The molecule has 0 aliphatic carbocycles. The largest absolute Gasteiger partial charge is 0.303 e. The van der Waals surface area contributed by atoms with Crippen LogP contribution >= 0.6 is 0 Å². The molecule has 1 atom stereocenters. The van der Waals surface area contributed by atoms with Gasteiger partial charge in [0.05, 0.1) is 12.3 Å². The van der Waals surface area contributed by atoms with Crippen LogP contribution in [0.4, 0.5) is 3.89 Å². The standard InChI is InChI=1S/C14H18FN3O2S/c1-11(2)14(10-21(15,19)20)8-7-12-3-5-13(6-4-12)9-17-18-16/h3-8,11,14H,9-10H2,1-2H3/b8-7+. The van der Waals surface area contributed by atoms with Gasteiger partial charge in [0.15, 0.2) is 0 Å². The predicted molar refractivity (Wildman–Crippen MR) is 81.5 cm³/mol. The van der Waals surface area contributed by atoms with Gasteiger partial charge < -0.3 is 0 Å². The summed E-state index contributed by atoms with van der Waals surface area (Å²) in [5.74, 6) is -0.852. The van der Waals surface area contributed by atoms with Gasteiger partial charge in [0.25, 0.3) is 0 Å². The van der Waals surface area contributed by atoms with Gasteiger partial charge in [-0.25, -0.2) is 0 Å². The highest BCUT2D eigenvalue weighted by Crippen LogP contribution is 2.18. The Morgan fingerprint density at radius 1 is 1.33 bits per heavy atom. The fourth-order valence-corrected chi connectivity index (χ4v) is 2.74. The van der Waals surface area contributed by atoms with Crippen molar-refractivity contribution >= 4 is 16.3 Å². The van der Waals surface area contributed by atoms with E-state index in [1.165, 1.54) is 0 Å². The van der Waals surface area contributed by atoms with E-state index in [1.54, 1.807) is 12.2 Å². The zero-order valence-corrected chi connectivity index (χ0v) is 12.8. The first-order chi connectivity index (χ1) is 9.81. The summed E-state index contributed by atoms with van der Waals surface area (Å²) in [6.07, 6.45) is 3.48. The van der Waals surface area contributed by atoms with Crippen molar-refractivity contribution in [1.82, 2.24) is 0 Å². The maximum absolute atomic E-state index is 12.8. The maximum Gasteiger partial charge on any atom is 0.303 e. The number of allylic oxidation sites excluding steroid dienone is 1. The lowest BCUT2D eigenvalue weighted by molar-refractivity contribution is 0.481. The molecule has 114 valence electrons. The third-order valence-electron chi connectivity index (χ3n) is 3.08. The van der Waals surface area contributed by atoms with Crippen molar-refractivity contribution in [3.63, 3.8) is 0 Å². The minimum Gasteiger partial charge on any atom is -0.195 e. The highest BCUT2D eigenvalue weighted by Gasteiger charge is 2.18. The summed E-state index contributed by atoms with van der Waals surface area (Å²) in [4.78, 5) is 2.69. The zero-order chi connectivity index (χ0) is 15.9. The molecule has 0 aromatic heterocycles. The van der Waals surface area contributed by atoms with Gasteiger partial charge in [-0.15, -0.1) is 3.89 Å². The molecule has 0 saturated carbocycles. The normalized spacial score (nSPS) is 13.3. The molecular weight excluding hydrogens is 293 g/mol. The van der Waals surface area contributed by atoms with Crippen LogP contribution in [-0.4, -0.2) is 14.2 Å². The van der Waals surface area contributed by atoms with Crippen molar-refractivity contribution in [1.29, 1.82) is 0 Å². The summed E-state index contributed by atoms with van der Waals surface area (Å²) in [6, 6.07) is 7.31. The van der Waals surface area contributed by atoms with Crippen molar-refractivity contribution in [2.75, 3.05) is 5.75 Å². The lowest BCUT2D eigenvalue weighted by Gasteiger charge is -2.14. The van der Waals surface area contributed by atoms with Gasteiger partial charge >= 0.3 is 10.2 Å². The van der Waals surface area contributed by atoms with E-state index >= 15 is 0 Å². The Kier molecular flexibility index (Phi) is 6.39. The summed E-state index contributed by atoms with van der Waals surface area (Å²) in [6.45, 7) is 3.99. The summed E-state index contributed by atoms with van der Waals surface area (Å²) >= 11 is 0. The maximum atomic E-state index is 12.8. The Morgan fingerprint density at radius 2 is 1.95 bits per heavy atom. The monoisotopic (exact) mass is 311 g/mol. The van der Waals surface area contributed by atoms with Gasteiger partial charge in [0.1, 0.15) is 0 Å². The number of benzene rings is 1. The van der Waals surface area contributed by atoms with Gasteiger partial charge in [0, 0.05) is 4.91 Å². The van der Waals surface area contributed by atoms with E-state index in [-0.39, 0.29) is 18.4 Å². The first-order valence-electron chi connectivity index (χ1n) is 6.52. The Morgan fingerprint density at radius 3 is 2.43 bits per heavy atom. The minimum absolute atomic E-state index is 0.0241.